The van der Waals surface area contributed by atoms with Crippen LogP contribution < -0.4 is 5.32 Å². The van der Waals surface area contributed by atoms with E-state index in [-0.39, 0.29) is 11.9 Å². The van der Waals surface area contributed by atoms with Gasteiger partial charge in [0.2, 0.25) is 0 Å². The van der Waals surface area contributed by atoms with E-state index in [1.807, 2.05) is 6.92 Å². The quantitative estimate of drug-likeness (QED) is 0.897. The van der Waals surface area contributed by atoms with Crippen LogP contribution in [0.1, 0.15) is 24.1 Å². The highest BCUT2D eigenvalue weighted by Crippen LogP contribution is 2.20. The lowest BCUT2D eigenvalue weighted by Crippen LogP contribution is -2.09. The second kappa shape index (κ2) is 5.28. The third-order valence-corrected chi connectivity index (χ3v) is 2.65. The van der Waals surface area contributed by atoms with Crippen molar-refractivity contribution in [1.29, 1.82) is 5.26 Å². The van der Waals surface area contributed by atoms with Crippen LogP contribution in [-0.2, 0) is 0 Å². The minimum atomic E-state index is -0.262. The second-order valence-corrected chi connectivity index (χ2v) is 3.93. The molecule has 1 aromatic carbocycles. The van der Waals surface area contributed by atoms with Gasteiger partial charge in [-0.3, -0.25) is 0 Å². The molecule has 0 fully saturated rings. The Hall–Kier alpha value is -2.41. The summed E-state index contributed by atoms with van der Waals surface area (Å²) >= 11 is 0. The van der Waals surface area contributed by atoms with E-state index in [1.54, 1.807) is 30.5 Å². The first-order valence-corrected chi connectivity index (χ1v) is 5.58. The van der Waals surface area contributed by atoms with Gasteiger partial charge >= 0.3 is 0 Å². The average molecular weight is 241 g/mol. The number of pyridine rings is 1. The predicted octanol–water partition coefficient (Wildman–Crippen LogP) is 3.27. The van der Waals surface area contributed by atoms with Crippen LogP contribution in [-0.4, -0.2) is 4.98 Å². The van der Waals surface area contributed by atoms with E-state index in [4.69, 9.17) is 5.26 Å². The molecule has 0 saturated heterocycles. The zero-order valence-electron chi connectivity index (χ0n) is 9.89. The van der Waals surface area contributed by atoms with E-state index in [9.17, 15) is 4.39 Å². The molecular weight excluding hydrogens is 229 g/mol. The van der Waals surface area contributed by atoms with Crippen molar-refractivity contribution in [2.24, 2.45) is 0 Å². The van der Waals surface area contributed by atoms with E-state index in [1.165, 1.54) is 12.1 Å². The number of anilines is 1. The Kier molecular flexibility index (Phi) is 3.54. The Labute approximate surface area is 105 Å². The first-order chi connectivity index (χ1) is 8.70. The number of aromatic nitrogens is 1. The SMILES string of the molecule is CC(Nc1ncccc1C#N)c1ccc(F)cc1. The van der Waals surface area contributed by atoms with E-state index >= 15 is 0 Å². The van der Waals surface area contributed by atoms with Crippen LogP contribution >= 0.6 is 0 Å². The minimum absolute atomic E-state index is 0.0485. The summed E-state index contributed by atoms with van der Waals surface area (Å²) in [5, 5.41) is 12.1. The van der Waals surface area contributed by atoms with E-state index in [2.05, 4.69) is 16.4 Å². The molecule has 1 heterocycles. The molecule has 1 atom stereocenters. The molecule has 2 rings (SSSR count). The largest absolute Gasteiger partial charge is 0.362 e. The number of rotatable bonds is 3. The van der Waals surface area contributed by atoms with Gasteiger partial charge in [-0.05, 0) is 36.8 Å². The predicted molar refractivity (Wildman–Crippen MR) is 67.4 cm³/mol. The lowest BCUT2D eigenvalue weighted by Gasteiger charge is -2.15. The van der Waals surface area contributed by atoms with E-state index in [0.29, 0.717) is 11.4 Å². The fraction of sp³-hybridized carbons (Fsp3) is 0.143. The molecule has 90 valence electrons. The van der Waals surface area contributed by atoms with Crippen molar-refractivity contribution >= 4 is 5.82 Å². The zero-order valence-corrected chi connectivity index (χ0v) is 9.89. The molecule has 3 nitrogen and oxygen atoms in total. The average Bonchev–Trinajstić information content (AvgIpc) is 2.40. The fourth-order valence-corrected chi connectivity index (χ4v) is 1.65. The zero-order chi connectivity index (χ0) is 13.0. The minimum Gasteiger partial charge on any atom is -0.362 e. The van der Waals surface area contributed by atoms with Crippen molar-refractivity contribution < 1.29 is 4.39 Å². The number of nitrogens with zero attached hydrogens (tertiary/aromatic N) is 2. The second-order valence-electron chi connectivity index (χ2n) is 3.93. The van der Waals surface area contributed by atoms with Gasteiger partial charge < -0.3 is 5.32 Å². The summed E-state index contributed by atoms with van der Waals surface area (Å²) < 4.78 is 12.8. The van der Waals surface area contributed by atoms with Crippen LogP contribution in [0.15, 0.2) is 42.6 Å². The van der Waals surface area contributed by atoms with Gasteiger partial charge in [0.25, 0.3) is 0 Å². The van der Waals surface area contributed by atoms with Crippen molar-refractivity contribution in [3.8, 4) is 6.07 Å². The molecule has 0 bridgehead atoms. The Morgan fingerprint density at radius 1 is 1.28 bits per heavy atom. The standard InChI is InChI=1S/C14H12FN3/c1-10(11-4-6-13(15)7-5-11)18-14-12(9-16)3-2-8-17-14/h2-8,10H,1H3,(H,17,18). The first-order valence-electron chi connectivity index (χ1n) is 5.58. The van der Waals surface area contributed by atoms with E-state index in [0.717, 1.165) is 5.56 Å². The molecule has 1 aromatic heterocycles. The van der Waals surface area contributed by atoms with Crippen LogP contribution in [0.25, 0.3) is 0 Å². The molecule has 0 amide bonds. The third-order valence-electron chi connectivity index (χ3n) is 2.65. The number of halogens is 1. The van der Waals surface area contributed by atoms with Crippen molar-refractivity contribution in [3.05, 3.63) is 59.5 Å². The van der Waals surface area contributed by atoms with Crippen LogP contribution in [0.2, 0.25) is 0 Å². The van der Waals surface area contributed by atoms with Crippen molar-refractivity contribution in [1.82, 2.24) is 4.98 Å². The summed E-state index contributed by atoms with van der Waals surface area (Å²) in [5.74, 6) is 0.276. The van der Waals surface area contributed by atoms with Crippen LogP contribution in [0.4, 0.5) is 10.2 Å². The lowest BCUT2D eigenvalue weighted by molar-refractivity contribution is 0.626. The smallest absolute Gasteiger partial charge is 0.144 e. The molecule has 0 aliphatic heterocycles. The Morgan fingerprint density at radius 3 is 2.67 bits per heavy atom. The summed E-state index contributed by atoms with van der Waals surface area (Å²) in [5.41, 5.74) is 1.43. The molecule has 2 aromatic rings. The summed E-state index contributed by atoms with van der Waals surface area (Å²) in [6, 6.07) is 11.7. The normalized spacial score (nSPS) is 11.6. The highest BCUT2D eigenvalue weighted by molar-refractivity contribution is 5.52. The maximum Gasteiger partial charge on any atom is 0.144 e. The van der Waals surface area contributed by atoms with Gasteiger partial charge in [-0.25, -0.2) is 9.37 Å². The number of benzene rings is 1. The fourth-order valence-electron chi connectivity index (χ4n) is 1.65. The van der Waals surface area contributed by atoms with Crippen LogP contribution in [0, 0.1) is 17.1 Å². The highest BCUT2D eigenvalue weighted by atomic mass is 19.1. The molecule has 0 aliphatic rings. The molecule has 0 aliphatic carbocycles. The van der Waals surface area contributed by atoms with Crippen LogP contribution in [0.3, 0.4) is 0 Å². The first kappa shape index (κ1) is 12.1. The highest BCUT2D eigenvalue weighted by Gasteiger charge is 2.08. The van der Waals surface area contributed by atoms with Crippen molar-refractivity contribution in [3.63, 3.8) is 0 Å². The van der Waals surface area contributed by atoms with Gasteiger partial charge in [-0.1, -0.05) is 12.1 Å². The van der Waals surface area contributed by atoms with Gasteiger partial charge in [0.05, 0.1) is 5.56 Å². The van der Waals surface area contributed by atoms with Gasteiger partial charge in [0.15, 0.2) is 0 Å². The Balaban J connectivity index is 2.19. The summed E-state index contributed by atoms with van der Waals surface area (Å²) in [4.78, 5) is 4.12. The van der Waals surface area contributed by atoms with E-state index < -0.39 is 0 Å². The molecule has 1 N–H and O–H groups in total. The maximum absolute atomic E-state index is 12.8. The summed E-state index contributed by atoms with van der Waals surface area (Å²) in [6.07, 6.45) is 1.63. The summed E-state index contributed by atoms with van der Waals surface area (Å²) in [6.45, 7) is 1.93. The molecule has 0 spiro atoms. The monoisotopic (exact) mass is 241 g/mol. The van der Waals surface area contributed by atoms with Gasteiger partial charge in [-0.15, -0.1) is 0 Å². The third kappa shape index (κ3) is 2.64. The number of nitrogens with one attached hydrogen (secondary N) is 1. The van der Waals surface area contributed by atoms with Gasteiger partial charge in [0.1, 0.15) is 17.7 Å². The topological polar surface area (TPSA) is 48.7 Å². The summed E-state index contributed by atoms with van der Waals surface area (Å²) in [7, 11) is 0. The molecule has 0 saturated carbocycles. The maximum atomic E-state index is 12.8. The van der Waals surface area contributed by atoms with Crippen molar-refractivity contribution in [2.45, 2.75) is 13.0 Å². The number of nitriles is 1. The molecular formula is C14H12FN3. The Bertz CT molecular complexity index is 572. The molecule has 0 radical (unpaired) electrons. The lowest BCUT2D eigenvalue weighted by atomic mass is 10.1. The number of hydrogen-bond acceptors (Lipinski definition) is 3. The Morgan fingerprint density at radius 2 is 2.00 bits per heavy atom. The number of hydrogen-bond donors (Lipinski definition) is 1. The molecule has 1 unspecified atom stereocenters. The van der Waals surface area contributed by atoms with Gasteiger partial charge in [-0.2, -0.15) is 5.26 Å². The van der Waals surface area contributed by atoms with Crippen molar-refractivity contribution in [2.75, 3.05) is 5.32 Å². The molecule has 4 heteroatoms. The van der Waals surface area contributed by atoms with Crippen LogP contribution in [0.5, 0.6) is 0 Å². The molecule has 18 heavy (non-hydrogen) atoms. The van der Waals surface area contributed by atoms with Gasteiger partial charge in [0, 0.05) is 12.2 Å².